The molecule has 4 aromatic rings. The first-order valence-corrected chi connectivity index (χ1v) is 8.07. The second-order valence-electron chi connectivity index (χ2n) is 5.78. The standard InChI is InChI=1S/C20H15N3O3/c1-2-12-26-16-9-10-18-17(13-16)21-20(19-4-3-11-22(18)19)14-5-7-15(8-6-14)23(24)25/h2-11,13H,1,12H2. The third-order valence-corrected chi connectivity index (χ3v) is 4.15. The molecular weight excluding hydrogens is 330 g/mol. The van der Waals surface area contributed by atoms with Gasteiger partial charge in [0.1, 0.15) is 12.4 Å². The fourth-order valence-electron chi connectivity index (χ4n) is 2.96. The molecular formula is C20H15N3O3. The highest BCUT2D eigenvalue weighted by Gasteiger charge is 2.12. The van der Waals surface area contributed by atoms with Crippen LogP contribution in [-0.2, 0) is 0 Å². The zero-order chi connectivity index (χ0) is 18.1. The average molecular weight is 345 g/mol. The van der Waals surface area contributed by atoms with Crippen molar-refractivity contribution in [1.29, 1.82) is 0 Å². The fourth-order valence-corrected chi connectivity index (χ4v) is 2.96. The van der Waals surface area contributed by atoms with Crippen LogP contribution in [0, 0.1) is 10.1 Å². The van der Waals surface area contributed by atoms with Gasteiger partial charge < -0.3 is 9.14 Å². The molecule has 0 N–H and O–H groups in total. The Morgan fingerprint density at radius 2 is 1.96 bits per heavy atom. The fraction of sp³-hybridized carbons (Fsp3) is 0.0500. The van der Waals surface area contributed by atoms with Gasteiger partial charge in [0.25, 0.3) is 5.69 Å². The summed E-state index contributed by atoms with van der Waals surface area (Å²) in [5.74, 6) is 0.714. The van der Waals surface area contributed by atoms with Crippen LogP contribution < -0.4 is 4.74 Å². The van der Waals surface area contributed by atoms with Crippen LogP contribution in [0.15, 0.2) is 73.4 Å². The molecule has 0 aliphatic rings. The van der Waals surface area contributed by atoms with Crippen molar-refractivity contribution >= 4 is 22.2 Å². The highest BCUT2D eigenvalue weighted by atomic mass is 16.6. The van der Waals surface area contributed by atoms with E-state index in [1.54, 1.807) is 18.2 Å². The molecule has 26 heavy (non-hydrogen) atoms. The molecule has 0 fully saturated rings. The molecule has 2 heterocycles. The quantitative estimate of drug-likeness (QED) is 0.300. The van der Waals surface area contributed by atoms with Crippen LogP contribution in [0.4, 0.5) is 5.69 Å². The lowest BCUT2D eigenvalue weighted by atomic mass is 10.1. The van der Waals surface area contributed by atoms with Crippen molar-refractivity contribution in [2.45, 2.75) is 0 Å². The predicted octanol–water partition coefficient (Wildman–Crippen LogP) is 4.63. The van der Waals surface area contributed by atoms with E-state index in [0.29, 0.717) is 12.4 Å². The first-order chi connectivity index (χ1) is 12.7. The van der Waals surface area contributed by atoms with Gasteiger partial charge in [-0.2, -0.15) is 0 Å². The van der Waals surface area contributed by atoms with Gasteiger partial charge in [-0.1, -0.05) is 12.7 Å². The zero-order valence-electron chi connectivity index (χ0n) is 13.8. The van der Waals surface area contributed by atoms with Gasteiger partial charge in [-0.3, -0.25) is 10.1 Å². The summed E-state index contributed by atoms with van der Waals surface area (Å²) in [5, 5.41) is 10.9. The molecule has 0 unspecified atom stereocenters. The molecule has 6 nitrogen and oxygen atoms in total. The molecule has 2 aromatic heterocycles. The van der Waals surface area contributed by atoms with E-state index >= 15 is 0 Å². The molecule has 0 amide bonds. The molecule has 2 aromatic carbocycles. The summed E-state index contributed by atoms with van der Waals surface area (Å²) >= 11 is 0. The third-order valence-electron chi connectivity index (χ3n) is 4.15. The molecule has 0 aliphatic heterocycles. The van der Waals surface area contributed by atoms with E-state index in [9.17, 15) is 10.1 Å². The number of nitro benzene ring substituents is 1. The summed E-state index contributed by atoms with van der Waals surface area (Å²) in [6.45, 7) is 4.08. The number of fused-ring (bicyclic) bond motifs is 3. The largest absolute Gasteiger partial charge is 0.489 e. The van der Waals surface area contributed by atoms with Crippen molar-refractivity contribution in [2.75, 3.05) is 6.61 Å². The monoisotopic (exact) mass is 345 g/mol. The van der Waals surface area contributed by atoms with E-state index in [-0.39, 0.29) is 5.69 Å². The van der Waals surface area contributed by atoms with Crippen LogP contribution in [0.25, 0.3) is 27.8 Å². The van der Waals surface area contributed by atoms with E-state index < -0.39 is 4.92 Å². The molecule has 4 rings (SSSR count). The minimum atomic E-state index is -0.409. The summed E-state index contributed by atoms with van der Waals surface area (Å²) in [6, 6.07) is 16.1. The summed E-state index contributed by atoms with van der Waals surface area (Å²) in [5.41, 5.74) is 4.31. The van der Waals surface area contributed by atoms with Gasteiger partial charge in [0, 0.05) is 30.0 Å². The zero-order valence-corrected chi connectivity index (χ0v) is 13.8. The van der Waals surface area contributed by atoms with Crippen molar-refractivity contribution in [2.24, 2.45) is 0 Å². The summed E-state index contributed by atoms with van der Waals surface area (Å²) in [6.07, 6.45) is 3.66. The van der Waals surface area contributed by atoms with Crippen LogP contribution in [-0.4, -0.2) is 20.9 Å². The Hall–Kier alpha value is -3.67. The van der Waals surface area contributed by atoms with E-state index in [2.05, 4.69) is 11.0 Å². The highest BCUT2D eigenvalue weighted by Crippen LogP contribution is 2.29. The van der Waals surface area contributed by atoms with Gasteiger partial charge in [-0.05, 0) is 36.4 Å². The first-order valence-electron chi connectivity index (χ1n) is 8.07. The summed E-state index contributed by atoms with van der Waals surface area (Å²) in [4.78, 5) is 15.3. The van der Waals surface area contributed by atoms with Crippen molar-refractivity contribution in [3.8, 4) is 17.0 Å². The summed E-state index contributed by atoms with van der Waals surface area (Å²) < 4.78 is 7.65. The minimum absolute atomic E-state index is 0.0565. The Morgan fingerprint density at radius 1 is 1.15 bits per heavy atom. The number of rotatable bonds is 5. The second kappa shape index (κ2) is 6.33. The van der Waals surface area contributed by atoms with Crippen LogP contribution in [0.3, 0.4) is 0 Å². The van der Waals surface area contributed by atoms with E-state index in [1.165, 1.54) is 12.1 Å². The Bertz CT molecular complexity index is 1130. The molecule has 6 heteroatoms. The first kappa shape index (κ1) is 15.8. The third kappa shape index (κ3) is 2.67. The smallest absolute Gasteiger partial charge is 0.269 e. The lowest BCUT2D eigenvalue weighted by Crippen LogP contribution is -1.97. The minimum Gasteiger partial charge on any atom is -0.489 e. The van der Waals surface area contributed by atoms with E-state index in [1.807, 2.05) is 36.5 Å². The molecule has 0 saturated carbocycles. The van der Waals surface area contributed by atoms with Gasteiger partial charge >= 0.3 is 0 Å². The van der Waals surface area contributed by atoms with Crippen LogP contribution in [0.5, 0.6) is 5.75 Å². The van der Waals surface area contributed by atoms with Crippen LogP contribution in [0.2, 0.25) is 0 Å². The van der Waals surface area contributed by atoms with Gasteiger partial charge in [0.05, 0.1) is 27.2 Å². The van der Waals surface area contributed by atoms with Gasteiger partial charge in [0.15, 0.2) is 0 Å². The van der Waals surface area contributed by atoms with Crippen molar-refractivity contribution < 1.29 is 9.66 Å². The number of nitrogens with zero attached hydrogens (tertiary/aromatic N) is 3. The lowest BCUT2D eigenvalue weighted by molar-refractivity contribution is -0.384. The predicted molar refractivity (Wildman–Crippen MR) is 100 cm³/mol. The second-order valence-corrected chi connectivity index (χ2v) is 5.78. The molecule has 128 valence electrons. The Balaban J connectivity index is 1.90. The highest BCUT2D eigenvalue weighted by molar-refractivity contribution is 5.88. The maximum Gasteiger partial charge on any atom is 0.269 e. The normalized spacial score (nSPS) is 10.9. The number of aromatic nitrogens is 2. The van der Waals surface area contributed by atoms with Gasteiger partial charge in [0.2, 0.25) is 0 Å². The topological polar surface area (TPSA) is 69.7 Å². The van der Waals surface area contributed by atoms with Gasteiger partial charge in [-0.15, -0.1) is 0 Å². The number of ether oxygens (including phenoxy) is 1. The number of hydrogen-bond acceptors (Lipinski definition) is 4. The Morgan fingerprint density at radius 3 is 2.69 bits per heavy atom. The van der Waals surface area contributed by atoms with Gasteiger partial charge in [-0.25, -0.2) is 4.98 Å². The molecule has 0 bridgehead atoms. The number of benzene rings is 2. The lowest BCUT2D eigenvalue weighted by Gasteiger charge is -2.10. The number of nitro groups is 1. The number of hydrogen-bond donors (Lipinski definition) is 0. The molecule has 0 atom stereocenters. The SMILES string of the molecule is C=CCOc1ccc2c(c1)nc(-c1ccc([N+](=O)[O-])cc1)c1cccn12. The molecule has 0 aliphatic carbocycles. The maximum absolute atomic E-state index is 10.9. The average Bonchev–Trinajstić information content (AvgIpc) is 3.15. The Labute approximate surface area is 149 Å². The molecule has 0 radical (unpaired) electrons. The molecule has 0 saturated heterocycles. The van der Waals surface area contributed by atoms with E-state index in [0.717, 1.165) is 27.8 Å². The van der Waals surface area contributed by atoms with Crippen molar-refractivity contribution in [3.63, 3.8) is 0 Å². The van der Waals surface area contributed by atoms with Crippen LogP contribution >= 0.6 is 0 Å². The maximum atomic E-state index is 10.9. The Kier molecular flexibility index (Phi) is 3.85. The molecule has 0 spiro atoms. The van der Waals surface area contributed by atoms with Crippen molar-refractivity contribution in [3.05, 3.63) is 83.6 Å². The number of non-ortho nitro benzene ring substituents is 1. The summed E-state index contributed by atoms with van der Waals surface area (Å²) in [7, 11) is 0. The van der Waals surface area contributed by atoms with Crippen molar-refractivity contribution in [1.82, 2.24) is 9.38 Å². The van der Waals surface area contributed by atoms with Crippen LogP contribution in [0.1, 0.15) is 0 Å². The van der Waals surface area contributed by atoms with E-state index in [4.69, 9.17) is 9.72 Å².